The van der Waals surface area contributed by atoms with Crippen molar-refractivity contribution in [3.63, 3.8) is 0 Å². The molecule has 0 aliphatic rings. The van der Waals surface area contributed by atoms with Gasteiger partial charge < -0.3 is 10.0 Å². The van der Waals surface area contributed by atoms with E-state index in [0.717, 1.165) is 29.4 Å². The number of anilines is 1. The van der Waals surface area contributed by atoms with Crippen LogP contribution in [0.1, 0.15) is 33.3 Å². The molecule has 0 spiro atoms. The number of hydrogen-bond donors (Lipinski definition) is 1. The van der Waals surface area contributed by atoms with Gasteiger partial charge >= 0.3 is 0 Å². The number of hydrogen-bond acceptors (Lipinski definition) is 4. The molecule has 0 fully saturated rings. The van der Waals surface area contributed by atoms with E-state index in [-0.39, 0.29) is 11.4 Å². The van der Waals surface area contributed by atoms with Crippen LogP contribution in [-0.2, 0) is 10.0 Å². The van der Waals surface area contributed by atoms with Gasteiger partial charge in [-0.25, -0.2) is 8.42 Å². The maximum absolute atomic E-state index is 13.9. The summed E-state index contributed by atoms with van der Waals surface area (Å²) >= 11 is 0. The second-order valence-corrected chi connectivity index (χ2v) is 11.9. The molecule has 6 heteroatoms. The first-order valence-corrected chi connectivity index (χ1v) is 13.5. The van der Waals surface area contributed by atoms with Crippen molar-refractivity contribution in [3.05, 3.63) is 72.3 Å². The third-order valence-corrected chi connectivity index (χ3v) is 7.53. The molecule has 34 heavy (non-hydrogen) atoms. The van der Waals surface area contributed by atoms with Gasteiger partial charge in [-0.1, -0.05) is 81.8 Å². The molecule has 0 radical (unpaired) electrons. The highest BCUT2D eigenvalue weighted by atomic mass is 32.2. The SMILES string of the molecule is Cc1ccc(S(=O)(=O)N(C[C@H](O)CN(CC(C)C)CC(C)C)c2cccc3ccccc23)cc1. The summed E-state index contributed by atoms with van der Waals surface area (Å²) < 4.78 is 29.1. The fourth-order valence-corrected chi connectivity index (χ4v) is 5.91. The molecule has 0 amide bonds. The van der Waals surface area contributed by atoms with E-state index in [1.54, 1.807) is 24.3 Å². The van der Waals surface area contributed by atoms with E-state index < -0.39 is 16.1 Å². The van der Waals surface area contributed by atoms with Crippen molar-refractivity contribution in [1.29, 1.82) is 0 Å². The Bertz CT molecular complexity index is 1160. The molecule has 0 aliphatic carbocycles. The van der Waals surface area contributed by atoms with Crippen LogP contribution in [0, 0.1) is 18.8 Å². The Morgan fingerprint density at radius 3 is 1.97 bits per heavy atom. The Balaban J connectivity index is 2.00. The van der Waals surface area contributed by atoms with Crippen molar-refractivity contribution < 1.29 is 13.5 Å². The normalized spacial score (nSPS) is 13.2. The van der Waals surface area contributed by atoms with Crippen LogP contribution in [0.3, 0.4) is 0 Å². The first kappa shape index (κ1) is 26.2. The van der Waals surface area contributed by atoms with Crippen molar-refractivity contribution in [1.82, 2.24) is 4.90 Å². The van der Waals surface area contributed by atoms with E-state index >= 15 is 0 Å². The van der Waals surface area contributed by atoms with E-state index in [1.807, 2.05) is 49.4 Å². The summed E-state index contributed by atoms with van der Waals surface area (Å²) in [5.74, 6) is 0.910. The number of fused-ring (bicyclic) bond motifs is 1. The largest absolute Gasteiger partial charge is 0.390 e. The highest BCUT2D eigenvalue weighted by Crippen LogP contribution is 2.31. The highest BCUT2D eigenvalue weighted by molar-refractivity contribution is 7.92. The quantitative estimate of drug-likeness (QED) is 0.402. The van der Waals surface area contributed by atoms with E-state index in [0.29, 0.717) is 24.1 Å². The number of benzene rings is 3. The number of aliphatic hydroxyl groups excluding tert-OH is 1. The minimum atomic E-state index is -3.88. The molecule has 1 N–H and O–H groups in total. The van der Waals surface area contributed by atoms with Gasteiger partial charge in [-0.05, 0) is 42.3 Å². The Hall–Kier alpha value is -2.41. The molecule has 0 heterocycles. The van der Waals surface area contributed by atoms with Crippen molar-refractivity contribution in [2.24, 2.45) is 11.8 Å². The maximum Gasteiger partial charge on any atom is 0.264 e. The molecule has 0 bridgehead atoms. The number of aryl methyl sites for hydroxylation is 1. The fraction of sp³-hybridized carbons (Fsp3) is 0.429. The van der Waals surface area contributed by atoms with Crippen LogP contribution in [0.4, 0.5) is 5.69 Å². The first-order chi connectivity index (χ1) is 16.1. The summed E-state index contributed by atoms with van der Waals surface area (Å²) in [6.07, 6.45) is -0.836. The summed E-state index contributed by atoms with van der Waals surface area (Å²) in [4.78, 5) is 2.46. The molecule has 184 valence electrons. The standard InChI is InChI=1S/C28H38N2O3S/c1-21(2)17-29(18-22(3)4)19-25(31)20-30(34(32,33)26-15-13-23(5)14-16-26)28-12-8-10-24-9-6-7-11-27(24)28/h6-16,21-22,25,31H,17-20H2,1-5H3/t25-/m1/s1. The summed E-state index contributed by atoms with van der Waals surface area (Å²) in [6.45, 7) is 12.7. The molecule has 1 atom stereocenters. The van der Waals surface area contributed by atoms with Crippen LogP contribution in [0.15, 0.2) is 71.6 Å². The lowest BCUT2D eigenvalue weighted by atomic mass is 10.1. The zero-order valence-electron chi connectivity index (χ0n) is 21.0. The van der Waals surface area contributed by atoms with Crippen LogP contribution in [0.25, 0.3) is 10.8 Å². The Kier molecular flexibility index (Phi) is 8.74. The molecule has 3 aromatic rings. The lowest BCUT2D eigenvalue weighted by Crippen LogP contribution is -2.44. The summed E-state index contributed by atoms with van der Waals surface area (Å²) in [6, 6.07) is 20.3. The van der Waals surface area contributed by atoms with Crippen molar-refractivity contribution in [2.45, 2.75) is 45.6 Å². The van der Waals surface area contributed by atoms with E-state index in [4.69, 9.17) is 0 Å². The molecule has 0 saturated carbocycles. The van der Waals surface area contributed by atoms with Gasteiger partial charge in [0.1, 0.15) is 0 Å². The number of aliphatic hydroxyl groups is 1. The Labute approximate surface area is 205 Å². The van der Waals surface area contributed by atoms with Crippen LogP contribution >= 0.6 is 0 Å². The summed E-state index contributed by atoms with van der Waals surface area (Å²) in [5, 5.41) is 13.0. The molecule has 3 aromatic carbocycles. The van der Waals surface area contributed by atoms with Gasteiger partial charge in [0.15, 0.2) is 0 Å². The lowest BCUT2D eigenvalue weighted by molar-refractivity contribution is 0.104. The summed E-state index contributed by atoms with van der Waals surface area (Å²) in [5.41, 5.74) is 1.57. The number of rotatable bonds is 11. The number of sulfonamides is 1. The molecular weight excluding hydrogens is 444 g/mol. The van der Waals surface area contributed by atoms with E-state index in [1.165, 1.54) is 4.31 Å². The minimum absolute atomic E-state index is 0.0170. The average molecular weight is 483 g/mol. The fourth-order valence-electron chi connectivity index (χ4n) is 4.39. The molecule has 0 aliphatic heterocycles. The Morgan fingerprint density at radius 2 is 1.35 bits per heavy atom. The highest BCUT2D eigenvalue weighted by Gasteiger charge is 2.29. The van der Waals surface area contributed by atoms with Crippen LogP contribution < -0.4 is 4.31 Å². The van der Waals surface area contributed by atoms with Gasteiger partial charge in [0.05, 0.1) is 23.2 Å². The molecular formula is C28H38N2O3S. The van der Waals surface area contributed by atoms with Gasteiger partial charge in [-0.3, -0.25) is 4.31 Å². The van der Waals surface area contributed by atoms with Crippen LogP contribution in [-0.4, -0.2) is 50.7 Å². The van der Waals surface area contributed by atoms with Gasteiger partial charge in [0.25, 0.3) is 10.0 Å². The first-order valence-electron chi connectivity index (χ1n) is 12.1. The Morgan fingerprint density at radius 1 is 0.765 bits per heavy atom. The molecule has 5 nitrogen and oxygen atoms in total. The monoisotopic (exact) mass is 482 g/mol. The zero-order valence-corrected chi connectivity index (χ0v) is 21.8. The molecule has 0 saturated heterocycles. The van der Waals surface area contributed by atoms with E-state index in [9.17, 15) is 13.5 Å². The molecule has 0 unspecified atom stereocenters. The molecule has 3 rings (SSSR count). The predicted molar refractivity (Wildman–Crippen MR) is 142 cm³/mol. The van der Waals surface area contributed by atoms with Gasteiger partial charge in [0, 0.05) is 25.0 Å². The minimum Gasteiger partial charge on any atom is -0.390 e. The average Bonchev–Trinajstić information content (AvgIpc) is 2.76. The van der Waals surface area contributed by atoms with Crippen LogP contribution in [0.5, 0.6) is 0 Å². The summed E-state index contributed by atoms with van der Waals surface area (Å²) in [7, 11) is -3.88. The maximum atomic E-state index is 13.9. The predicted octanol–water partition coefficient (Wildman–Crippen LogP) is 5.32. The van der Waals surface area contributed by atoms with Crippen molar-refractivity contribution in [2.75, 3.05) is 30.5 Å². The van der Waals surface area contributed by atoms with Gasteiger partial charge in [-0.2, -0.15) is 0 Å². The third-order valence-electron chi connectivity index (χ3n) is 5.74. The number of nitrogens with zero attached hydrogens (tertiary/aromatic N) is 2. The van der Waals surface area contributed by atoms with Crippen molar-refractivity contribution >= 4 is 26.5 Å². The topological polar surface area (TPSA) is 60.9 Å². The zero-order chi connectivity index (χ0) is 24.9. The lowest BCUT2D eigenvalue weighted by Gasteiger charge is -2.32. The van der Waals surface area contributed by atoms with Crippen LogP contribution in [0.2, 0.25) is 0 Å². The van der Waals surface area contributed by atoms with Crippen molar-refractivity contribution in [3.8, 4) is 0 Å². The second-order valence-electron chi connectivity index (χ2n) is 10.0. The van der Waals surface area contributed by atoms with Gasteiger partial charge in [-0.15, -0.1) is 0 Å². The van der Waals surface area contributed by atoms with Gasteiger partial charge in [0.2, 0.25) is 0 Å². The second kappa shape index (κ2) is 11.3. The smallest absolute Gasteiger partial charge is 0.264 e. The van der Waals surface area contributed by atoms with E-state index in [2.05, 4.69) is 32.6 Å². The molecule has 0 aromatic heterocycles. The third kappa shape index (κ3) is 6.59.